The van der Waals surface area contributed by atoms with Crippen LogP contribution in [0.15, 0.2) is 24.3 Å². The maximum Gasteiger partial charge on any atom is 0.140 e. The van der Waals surface area contributed by atoms with Gasteiger partial charge in [-0.15, -0.1) is 0 Å². The molecule has 0 spiro atoms. The first-order chi connectivity index (χ1) is 7.50. The summed E-state index contributed by atoms with van der Waals surface area (Å²) < 4.78 is 12.9. The van der Waals surface area contributed by atoms with Gasteiger partial charge in [-0.3, -0.25) is 9.59 Å². The van der Waals surface area contributed by atoms with Gasteiger partial charge in [-0.25, -0.2) is 4.39 Å². The number of carbonyl (C=O) groups is 2. The van der Waals surface area contributed by atoms with Crippen LogP contribution in [0, 0.1) is 11.7 Å². The molecular formula is C13H15FO2. The summed E-state index contributed by atoms with van der Waals surface area (Å²) in [5, 5.41) is 0. The number of ketones is 2. The number of benzene rings is 1. The fourth-order valence-corrected chi connectivity index (χ4v) is 1.70. The standard InChI is InChI=1S/C13H15FO2/c1-9(15)13(10(2)16)7-6-11-4-3-5-12(14)8-11/h3-5,8,13H,6-7H2,1-2H3. The molecule has 0 aliphatic carbocycles. The van der Waals surface area contributed by atoms with Crippen molar-refractivity contribution >= 4 is 11.6 Å². The normalized spacial score (nSPS) is 10.5. The Morgan fingerprint density at radius 3 is 2.38 bits per heavy atom. The molecule has 3 heteroatoms. The van der Waals surface area contributed by atoms with Crippen molar-refractivity contribution in [3.63, 3.8) is 0 Å². The number of carbonyl (C=O) groups excluding carboxylic acids is 2. The van der Waals surface area contributed by atoms with Gasteiger partial charge in [0.15, 0.2) is 0 Å². The van der Waals surface area contributed by atoms with E-state index in [2.05, 4.69) is 0 Å². The lowest BCUT2D eigenvalue weighted by Gasteiger charge is -2.09. The van der Waals surface area contributed by atoms with Gasteiger partial charge in [0.1, 0.15) is 17.4 Å². The maximum atomic E-state index is 12.9. The van der Waals surface area contributed by atoms with E-state index in [0.29, 0.717) is 12.8 Å². The fourth-order valence-electron chi connectivity index (χ4n) is 1.70. The highest BCUT2D eigenvalue weighted by Gasteiger charge is 2.18. The molecule has 0 saturated carbocycles. The van der Waals surface area contributed by atoms with Gasteiger partial charge in [-0.05, 0) is 44.4 Å². The molecule has 16 heavy (non-hydrogen) atoms. The van der Waals surface area contributed by atoms with Gasteiger partial charge in [0.05, 0.1) is 5.92 Å². The Hall–Kier alpha value is -1.51. The van der Waals surface area contributed by atoms with Crippen molar-refractivity contribution in [2.45, 2.75) is 26.7 Å². The fraction of sp³-hybridized carbons (Fsp3) is 0.385. The minimum atomic E-state index is -0.553. The average Bonchev–Trinajstić information content (AvgIpc) is 2.16. The second-order valence-corrected chi connectivity index (χ2v) is 3.94. The van der Waals surface area contributed by atoms with Crippen LogP contribution in [0.3, 0.4) is 0 Å². The van der Waals surface area contributed by atoms with Gasteiger partial charge in [0, 0.05) is 0 Å². The molecule has 86 valence electrons. The summed E-state index contributed by atoms with van der Waals surface area (Å²) in [4.78, 5) is 22.4. The number of aryl methyl sites for hydroxylation is 1. The molecule has 0 amide bonds. The first-order valence-corrected chi connectivity index (χ1v) is 5.26. The molecule has 0 bridgehead atoms. The molecular weight excluding hydrogens is 207 g/mol. The van der Waals surface area contributed by atoms with Crippen molar-refractivity contribution in [2.75, 3.05) is 0 Å². The SMILES string of the molecule is CC(=O)C(CCc1cccc(F)c1)C(C)=O. The Kier molecular flexibility index (Phi) is 4.35. The average molecular weight is 222 g/mol. The molecule has 0 aliphatic rings. The van der Waals surface area contributed by atoms with Gasteiger partial charge < -0.3 is 0 Å². The van der Waals surface area contributed by atoms with Crippen LogP contribution in [0.4, 0.5) is 4.39 Å². The Balaban J connectivity index is 2.62. The summed E-state index contributed by atoms with van der Waals surface area (Å²) in [5.74, 6) is -1.09. The monoisotopic (exact) mass is 222 g/mol. The molecule has 0 unspecified atom stereocenters. The first kappa shape index (κ1) is 12.6. The molecule has 0 heterocycles. The van der Waals surface area contributed by atoms with Crippen LogP contribution in [-0.4, -0.2) is 11.6 Å². The molecule has 0 N–H and O–H groups in total. The van der Waals surface area contributed by atoms with Crippen molar-refractivity contribution in [3.05, 3.63) is 35.6 Å². The molecule has 0 saturated heterocycles. The van der Waals surface area contributed by atoms with Crippen molar-refractivity contribution in [2.24, 2.45) is 5.92 Å². The Labute approximate surface area is 94.5 Å². The molecule has 0 fully saturated rings. The minimum Gasteiger partial charge on any atom is -0.299 e. The van der Waals surface area contributed by atoms with Crippen molar-refractivity contribution in [1.82, 2.24) is 0 Å². The first-order valence-electron chi connectivity index (χ1n) is 5.26. The van der Waals surface area contributed by atoms with Crippen molar-refractivity contribution < 1.29 is 14.0 Å². The quantitative estimate of drug-likeness (QED) is 0.717. The topological polar surface area (TPSA) is 34.1 Å². The minimum absolute atomic E-state index is 0.121. The van der Waals surface area contributed by atoms with E-state index in [4.69, 9.17) is 0 Å². The number of rotatable bonds is 5. The van der Waals surface area contributed by atoms with E-state index in [1.165, 1.54) is 26.0 Å². The van der Waals surface area contributed by atoms with Crippen LogP contribution in [0.5, 0.6) is 0 Å². The second kappa shape index (κ2) is 5.54. The smallest absolute Gasteiger partial charge is 0.140 e. The zero-order chi connectivity index (χ0) is 12.1. The number of Topliss-reactive ketones (excluding diaryl/α,β-unsaturated/α-hetero) is 2. The molecule has 1 rings (SSSR count). The van der Waals surface area contributed by atoms with Crippen LogP contribution in [-0.2, 0) is 16.0 Å². The Bertz CT molecular complexity index is 385. The Morgan fingerprint density at radius 1 is 1.25 bits per heavy atom. The predicted octanol–water partition coefficient (Wildman–Crippen LogP) is 2.55. The van der Waals surface area contributed by atoms with Gasteiger partial charge in [0.2, 0.25) is 0 Å². The van der Waals surface area contributed by atoms with Crippen LogP contribution in [0.1, 0.15) is 25.8 Å². The van der Waals surface area contributed by atoms with Crippen molar-refractivity contribution in [3.8, 4) is 0 Å². The van der Waals surface area contributed by atoms with E-state index in [9.17, 15) is 14.0 Å². The summed E-state index contributed by atoms with van der Waals surface area (Å²) in [5.41, 5.74) is 0.813. The highest BCUT2D eigenvalue weighted by atomic mass is 19.1. The lowest BCUT2D eigenvalue weighted by atomic mass is 9.93. The molecule has 2 nitrogen and oxygen atoms in total. The summed E-state index contributed by atoms with van der Waals surface area (Å²) >= 11 is 0. The molecule has 1 aromatic carbocycles. The third kappa shape index (κ3) is 3.57. The van der Waals surface area contributed by atoms with E-state index in [1.54, 1.807) is 12.1 Å². The van der Waals surface area contributed by atoms with Crippen LogP contribution in [0.2, 0.25) is 0 Å². The lowest BCUT2D eigenvalue weighted by Crippen LogP contribution is -2.20. The van der Waals surface area contributed by atoms with Gasteiger partial charge in [0.25, 0.3) is 0 Å². The van der Waals surface area contributed by atoms with E-state index in [1.807, 2.05) is 0 Å². The van der Waals surface area contributed by atoms with Gasteiger partial charge >= 0.3 is 0 Å². The van der Waals surface area contributed by atoms with Crippen LogP contribution < -0.4 is 0 Å². The lowest BCUT2D eigenvalue weighted by molar-refractivity contribution is -0.130. The van der Waals surface area contributed by atoms with Crippen LogP contribution >= 0.6 is 0 Å². The highest BCUT2D eigenvalue weighted by molar-refractivity contribution is 6.00. The van der Waals surface area contributed by atoms with Crippen molar-refractivity contribution in [1.29, 1.82) is 0 Å². The summed E-state index contributed by atoms with van der Waals surface area (Å²) in [6.45, 7) is 2.83. The largest absolute Gasteiger partial charge is 0.299 e. The molecule has 0 aliphatic heterocycles. The van der Waals surface area contributed by atoms with E-state index in [-0.39, 0.29) is 17.4 Å². The summed E-state index contributed by atoms with van der Waals surface area (Å²) in [7, 11) is 0. The second-order valence-electron chi connectivity index (χ2n) is 3.94. The highest BCUT2D eigenvalue weighted by Crippen LogP contribution is 2.13. The number of hydrogen-bond acceptors (Lipinski definition) is 2. The van der Waals surface area contributed by atoms with Gasteiger partial charge in [-0.1, -0.05) is 12.1 Å². The molecule has 0 radical (unpaired) electrons. The van der Waals surface area contributed by atoms with Gasteiger partial charge in [-0.2, -0.15) is 0 Å². The predicted molar refractivity (Wildman–Crippen MR) is 59.6 cm³/mol. The van der Waals surface area contributed by atoms with Crippen LogP contribution in [0.25, 0.3) is 0 Å². The maximum absolute atomic E-state index is 12.9. The Morgan fingerprint density at radius 2 is 1.88 bits per heavy atom. The third-order valence-corrected chi connectivity index (χ3v) is 2.59. The van der Waals surface area contributed by atoms with E-state index < -0.39 is 5.92 Å². The molecule has 0 aromatic heterocycles. The zero-order valence-corrected chi connectivity index (χ0v) is 9.50. The molecule has 0 atom stereocenters. The number of hydrogen-bond donors (Lipinski definition) is 0. The summed E-state index contributed by atoms with van der Waals surface area (Å²) in [6.07, 6.45) is 0.996. The zero-order valence-electron chi connectivity index (χ0n) is 9.50. The third-order valence-electron chi connectivity index (χ3n) is 2.59. The molecule has 1 aromatic rings. The van der Waals surface area contributed by atoms with E-state index >= 15 is 0 Å². The number of halogens is 1. The summed E-state index contributed by atoms with van der Waals surface area (Å²) in [6, 6.07) is 6.22. The van der Waals surface area contributed by atoms with E-state index in [0.717, 1.165) is 5.56 Å².